The number of rotatable bonds is 18. The zero-order valence-electron chi connectivity index (χ0n) is 22.5. The van der Waals surface area contributed by atoms with Gasteiger partial charge < -0.3 is 24.1 Å². The third-order valence-electron chi connectivity index (χ3n) is 6.42. The Morgan fingerprint density at radius 3 is 1.95 bits per heavy atom. The van der Waals surface area contributed by atoms with Crippen LogP contribution in [-0.4, -0.2) is 43.9 Å². The molecule has 0 spiro atoms. The smallest absolute Gasteiger partial charge is 0.138 e. The van der Waals surface area contributed by atoms with E-state index in [2.05, 4.69) is 12.1 Å². The van der Waals surface area contributed by atoms with Crippen LogP contribution in [0.2, 0.25) is 0 Å². The van der Waals surface area contributed by atoms with E-state index in [0.29, 0.717) is 32.7 Å². The van der Waals surface area contributed by atoms with Crippen LogP contribution in [0.1, 0.15) is 48.8 Å². The van der Waals surface area contributed by atoms with E-state index >= 15 is 0 Å². The monoisotopic (exact) mass is 520 g/mol. The molecule has 0 heterocycles. The number of ether oxygens (including phenoxy) is 4. The molecule has 3 rings (SSSR count). The molecule has 2 atom stereocenters. The number of aliphatic hydroxyl groups is 1. The van der Waals surface area contributed by atoms with Crippen LogP contribution in [0.25, 0.3) is 0 Å². The summed E-state index contributed by atoms with van der Waals surface area (Å²) in [7, 11) is 3.28. The van der Waals surface area contributed by atoms with E-state index in [4.69, 9.17) is 18.9 Å². The number of aryl methyl sites for hydroxylation is 1. The Hall–Kier alpha value is -3.19. The Labute approximate surface area is 226 Å². The lowest BCUT2D eigenvalue weighted by atomic mass is 10.0. The molecule has 1 N–H and O–H groups in total. The van der Waals surface area contributed by atoms with Crippen LogP contribution in [0.5, 0.6) is 11.5 Å². The first kappa shape index (κ1) is 29.4. The zero-order chi connectivity index (χ0) is 27.0. The highest BCUT2D eigenvalue weighted by atomic mass is 16.5. The Kier molecular flexibility index (Phi) is 12.8. The molecule has 0 bridgehead atoms. The number of Topliss-reactive ketones (excluding diaryl/α,β-unsaturated/α-hetero) is 1. The maximum Gasteiger partial charge on any atom is 0.138 e. The summed E-state index contributed by atoms with van der Waals surface area (Å²) in [5.41, 5.74) is 3.30. The van der Waals surface area contributed by atoms with Crippen LogP contribution in [0.15, 0.2) is 78.9 Å². The lowest BCUT2D eigenvalue weighted by Gasteiger charge is -2.19. The van der Waals surface area contributed by atoms with Crippen LogP contribution < -0.4 is 9.47 Å². The standard InChI is InChI=1S/C32H40O6/c1-35-30-15-11-26(12-16-30)23-37-20-19-32(38-24-27-13-17-31(36-2)18-14-27)22-29(34)21-28(33)10-6-9-25-7-4-3-5-8-25/h3-5,7-8,11-18,28,32-33H,6,9-10,19-24H2,1-2H3/t28-,32-/m1/s1. The van der Waals surface area contributed by atoms with E-state index in [-0.39, 0.29) is 24.7 Å². The van der Waals surface area contributed by atoms with Crippen LogP contribution in [0, 0.1) is 0 Å². The number of methoxy groups -OCH3 is 2. The second-order valence-electron chi connectivity index (χ2n) is 9.45. The molecule has 0 saturated carbocycles. The first-order valence-electron chi connectivity index (χ1n) is 13.2. The van der Waals surface area contributed by atoms with Crippen molar-refractivity contribution in [1.82, 2.24) is 0 Å². The molecule has 0 aliphatic heterocycles. The molecule has 0 aliphatic rings. The summed E-state index contributed by atoms with van der Waals surface area (Å²) in [4.78, 5) is 12.8. The van der Waals surface area contributed by atoms with E-state index < -0.39 is 6.10 Å². The number of hydrogen-bond donors (Lipinski definition) is 1. The molecule has 0 aliphatic carbocycles. The minimum Gasteiger partial charge on any atom is -0.497 e. The molecule has 204 valence electrons. The summed E-state index contributed by atoms with van der Waals surface area (Å²) >= 11 is 0. The Bertz CT molecular complexity index is 1050. The molecule has 38 heavy (non-hydrogen) atoms. The van der Waals surface area contributed by atoms with Gasteiger partial charge in [-0.15, -0.1) is 0 Å². The van der Waals surface area contributed by atoms with Gasteiger partial charge in [0.2, 0.25) is 0 Å². The van der Waals surface area contributed by atoms with Crippen LogP contribution in [-0.2, 0) is 33.9 Å². The van der Waals surface area contributed by atoms with Crippen LogP contribution in [0.3, 0.4) is 0 Å². The van der Waals surface area contributed by atoms with Crippen molar-refractivity contribution in [2.45, 2.75) is 63.9 Å². The molecule has 6 nitrogen and oxygen atoms in total. The van der Waals surface area contributed by atoms with E-state index in [9.17, 15) is 9.90 Å². The first-order valence-corrected chi connectivity index (χ1v) is 13.2. The maximum absolute atomic E-state index is 12.8. The maximum atomic E-state index is 12.8. The van der Waals surface area contributed by atoms with Crippen LogP contribution in [0.4, 0.5) is 0 Å². The van der Waals surface area contributed by atoms with Crippen molar-refractivity contribution in [3.8, 4) is 11.5 Å². The van der Waals surface area contributed by atoms with Crippen LogP contribution >= 0.6 is 0 Å². The van der Waals surface area contributed by atoms with Crippen molar-refractivity contribution in [1.29, 1.82) is 0 Å². The predicted octanol–water partition coefficient (Wildman–Crippen LogP) is 5.93. The summed E-state index contributed by atoms with van der Waals surface area (Å²) in [6.07, 6.45) is 2.38. The van der Waals surface area contributed by atoms with Crippen molar-refractivity contribution in [3.63, 3.8) is 0 Å². The fourth-order valence-corrected chi connectivity index (χ4v) is 4.20. The van der Waals surface area contributed by atoms with Crippen molar-refractivity contribution < 1.29 is 28.8 Å². The van der Waals surface area contributed by atoms with Gasteiger partial charge >= 0.3 is 0 Å². The van der Waals surface area contributed by atoms with Gasteiger partial charge in [0.1, 0.15) is 17.3 Å². The number of carbonyl (C=O) groups excluding carboxylic acids is 1. The van der Waals surface area contributed by atoms with Crippen molar-refractivity contribution >= 4 is 5.78 Å². The molecule has 0 amide bonds. The third kappa shape index (κ3) is 11.1. The number of carbonyl (C=O) groups is 1. The fraction of sp³-hybridized carbons (Fsp3) is 0.406. The summed E-state index contributed by atoms with van der Waals surface area (Å²) in [6, 6.07) is 25.6. The second-order valence-corrected chi connectivity index (χ2v) is 9.45. The average molecular weight is 521 g/mol. The minimum absolute atomic E-state index is 0.00657. The van der Waals surface area contributed by atoms with E-state index in [1.165, 1.54) is 5.56 Å². The van der Waals surface area contributed by atoms with Crippen molar-refractivity contribution in [3.05, 3.63) is 95.6 Å². The van der Waals surface area contributed by atoms with Gasteiger partial charge in [0, 0.05) is 19.4 Å². The highest BCUT2D eigenvalue weighted by molar-refractivity contribution is 5.79. The normalized spacial score (nSPS) is 12.6. The van der Waals surface area contributed by atoms with Gasteiger partial charge in [0.15, 0.2) is 0 Å². The Morgan fingerprint density at radius 2 is 1.34 bits per heavy atom. The van der Waals surface area contributed by atoms with Crippen molar-refractivity contribution in [2.75, 3.05) is 20.8 Å². The van der Waals surface area contributed by atoms with Crippen molar-refractivity contribution in [2.24, 2.45) is 0 Å². The summed E-state index contributed by atoms with van der Waals surface area (Å²) in [5, 5.41) is 10.4. The fourth-order valence-electron chi connectivity index (χ4n) is 4.20. The largest absolute Gasteiger partial charge is 0.497 e. The first-order chi connectivity index (χ1) is 18.6. The molecular weight excluding hydrogens is 480 g/mol. The number of aliphatic hydroxyl groups excluding tert-OH is 1. The van der Waals surface area contributed by atoms with Gasteiger partial charge in [-0.25, -0.2) is 0 Å². The van der Waals surface area contributed by atoms with E-state index in [1.54, 1.807) is 14.2 Å². The van der Waals surface area contributed by atoms with Gasteiger partial charge in [0.25, 0.3) is 0 Å². The number of ketones is 1. The molecule has 0 unspecified atom stereocenters. The average Bonchev–Trinajstić information content (AvgIpc) is 2.95. The summed E-state index contributed by atoms with van der Waals surface area (Å²) < 4.78 is 22.4. The SMILES string of the molecule is COc1ccc(COCC[C@H](CC(=O)C[C@H](O)CCCc2ccccc2)OCc2ccc(OC)cc2)cc1. The van der Waals surface area contributed by atoms with Gasteiger partial charge in [-0.1, -0.05) is 54.6 Å². The summed E-state index contributed by atoms with van der Waals surface area (Å²) in [6.45, 7) is 1.33. The summed E-state index contributed by atoms with van der Waals surface area (Å²) in [5.74, 6) is 1.60. The molecule has 3 aromatic carbocycles. The number of benzene rings is 3. The third-order valence-corrected chi connectivity index (χ3v) is 6.42. The molecule has 3 aromatic rings. The lowest BCUT2D eigenvalue weighted by Crippen LogP contribution is -2.23. The highest BCUT2D eigenvalue weighted by Crippen LogP contribution is 2.17. The predicted molar refractivity (Wildman–Crippen MR) is 148 cm³/mol. The van der Waals surface area contributed by atoms with Gasteiger partial charge in [-0.05, 0) is 66.6 Å². The zero-order valence-corrected chi connectivity index (χ0v) is 22.5. The highest BCUT2D eigenvalue weighted by Gasteiger charge is 2.18. The van der Waals surface area contributed by atoms with E-state index in [0.717, 1.165) is 35.5 Å². The minimum atomic E-state index is -0.639. The molecule has 0 radical (unpaired) electrons. The van der Waals surface area contributed by atoms with Gasteiger partial charge in [-0.2, -0.15) is 0 Å². The van der Waals surface area contributed by atoms with Gasteiger partial charge in [-0.3, -0.25) is 4.79 Å². The Balaban J connectivity index is 1.45. The molecule has 0 aromatic heterocycles. The second kappa shape index (κ2) is 16.6. The van der Waals surface area contributed by atoms with E-state index in [1.807, 2.05) is 66.7 Å². The molecule has 0 fully saturated rings. The van der Waals surface area contributed by atoms with Gasteiger partial charge in [0.05, 0.1) is 39.6 Å². The quantitative estimate of drug-likeness (QED) is 0.210. The molecular formula is C32H40O6. The lowest BCUT2D eigenvalue weighted by molar-refractivity contribution is -0.124. The Morgan fingerprint density at radius 1 is 0.737 bits per heavy atom. The number of hydrogen-bond acceptors (Lipinski definition) is 6. The molecule has 0 saturated heterocycles. The topological polar surface area (TPSA) is 74.2 Å². The molecule has 6 heteroatoms.